The van der Waals surface area contributed by atoms with Crippen molar-refractivity contribution in [3.8, 4) is 0 Å². The maximum atomic E-state index is 15.1. The molecule has 12 amide bonds. The van der Waals surface area contributed by atoms with E-state index >= 15 is 9.59 Å². The summed E-state index contributed by atoms with van der Waals surface area (Å²) in [6.45, 7) is 11.9. The highest BCUT2D eigenvalue weighted by molar-refractivity contribution is 7.98. The summed E-state index contributed by atoms with van der Waals surface area (Å²) < 4.78 is 0.826. The van der Waals surface area contributed by atoms with E-state index in [0.717, 1.165) is 21.2 Å². The van der Waals surface area contributed by atoms with Crippen molar-refractivity contribution in [1.82, 2.24) is 69.1 Å². The largest absolute Gasteiger partial charge is 0.481 e. The molecule has 3 aromatic rings. The maximum absolute atomic E-state index is 15.1. The van der Waals surface area contributed by atoms with Gasteiger partial charge < -0.3 is 100 Å². The predicted molar refractivity (Wildman–Crippen MR) is 428 cm³/mol. The molecule has 4 aliphatic rings. The van der Waals surface area contributed by atoms with Crippen LogP contribution in [0.1, 0.15) is 181 Å². The number of nitrogens with one attached hydrogen (secondary N) is 13. The summed E-state index contributed by atoms with van der Waals surface area (Å²) in [4.78, 5) is 187. The van der Waals surface area contributed by atoms with Gasteiger partial charge in [-0.05, 0) is 155 Å². The fourth-order valence-electron chi connectivity index (χ4n) is 14.4. The molecule has 1 aromatic heterocycles. The van der Waals surface area contributed by atoms with Gasteiger partial charge in [0.05, 0.1) is 24.4 Å². The number of amides is 12. The van der Waals surface area contributed by atoms with Crippen LogP contribution in [0, 0.1) is 17.3 Å². The molecule has 626 valence electrons. The molecule has 2 aliphatic carbocycles. The number of carbonyl (C=O) groups excluding carboxylic acids is 12. The van der Waals surface area contributed by atoms with Crippen LogP contribution in [-0.4, -0.2) is 224 Å². The first-order chi connectivity index (χ1) is 53.7. The maximum Gasteiger partial charge on any atom is 0.303 e. The predicted octanol–water partition coefficient (Wildman–Crippen LogP) is 0.896. The Kier molecular flexibility index (Phi) is 37.0. The zero-order valence-electron chi connectivity index (χ0n) is 65.6. The van der Waals surface area contributed by atoms with Gasteiger partial charge in [0, 0.05) is 66.2 Å². The van der Waals surface area contributed by atoms with Crippen LogP contribution in [0.25, 0.3) is 10.1 Å². The van der Waals surface area contributed by atoms with Crippen LogP contribution in [0.5, 0.6) is 0 Å². The quantitative estimate of drug-likeness (QED) is 0.0841. The number of thioether (sulfide) groups is 2. The molecule has 1 unspecified atom stereocenters. The minimum absolute atomic E-state index is 0.00255. The zero-order chi connectivity index (χ0) is 82.6. The molecule has 0 radical (unpaired) electrons. The van der Waals surface area contributed by atoms with Gasteiger partial charge >= 0.3 is 5.97 Å². The summed E-state index contributed by atoms with van der Waals surface area (Å²) in [7, 11) is 0. The SMILES string of the molecule is CCC[C@@H]1NC(=O)[C@H](Cc2csc3ccccc23)NC(=O)[C@H]([C@@H](C)O)NC(=O)[C@H](CC2CNCN2)NC(=O)[C@H](CC2CCC(O)CC2)NC(=O)[C@H](C(C)(C)C)NC(=O)CCSCc2cccc(c2)CSC[C@@H](C(N)=O)NC(=O)[C@H]([C@@H](C)O)NC(=O)[C@H](CCC)NC(=O)[C@H](CC2CCC(O)CC2)NC(=O)[C@H](CCC(=O)O)NC1=O. The van der Waals surface area contributed by atoms with E-state index in [9.17, 15) is 78.3 Å². The van der Waals surface area contributed by atoms with Crippen molar-refractivity contribution in [1.29, 1.82) is 0 Å². The number of carboxylic acids is 1. The number of hydrogen-bond acceptors (Lipinski definition) is 22. The third kappa shape index (κ3) is 29.6. The number of carboxylic acid groups (broad SMARTS) is 1. The fourth-order valence-corrected chi connectivity index (χ4v) is 17.3. The Balaban J connectivity index is 1.23. The second-order valence-corrected chi connectivity index (χ2v) is 34.5. The van der Waals surface area contributed by atoms with E-state index in [0.29, 0.717) is 87.4 Å². The van der Waals surface area contributed by atoms with Gasteiger partial charge in [-0.3, -0.25) is 62.3 Å². The number of aliphatic hydroxyl groups excluding tert-OH is 4. The molecule has 2 saturated carbocycles. The molecular weight excluding hydrogens is 1520 g/mol. The van der Waals surface area contributed by atoms with Crippen molar-refractivity contribution in [2.75, 3.05) is 24.7 Å². The Bertz CT molecular complexity index is 3730. The van der Waals surface area contributed by atoms with Gasteiger partial charge in [0.1, 0.15) is 66.5 Å². The average Bonchev–Trinajstić information content (AvgIpc) is 1.75. The van der Waals surface area contributed by atoms with Crippen molar-refractivity contribution >= 4 is 122 Å². The Morgan fingerprint density at radius 3 is 1.50 bits per heavy atom. The zero-order valence-corrected chi connectivity index (χ0v) is 68.1. The lowest BCUT2D eigenvalue weighted by molar-refractivity contribution is -0.139. The number of benzene rings is 2. The van der Waals surface area contributed by atoms with Crippen molar-refractivity contribution in [2.24, 2.45) is 23.0 Å². The smallest absolute Gasteiger partial charge is 0.303 e. The van der Waals surface area contributed by atoms with Gasteiger partial charge in [-0.25, -0.2) is 0 Å². The van der Waals surface area contributed by atoms with Crippen LogP contribution in [0.3, 0.4) is 0 Å². The number of fused-ring (bicyclic) bond motifs is 3. The lowest BCUT2D eigenvalue weighted by Gasteiger charge is -2.34. The van der Waals surface area contributed by atoms with Crippen LogP contribution in [0.4, 0.5) is 0 Å². The van der Waals surface area contributed by atoms with Gasteiger partial charge in [0.2, 0.25) is 70.9 Å². The molecule has 7 rings (SSSR count). The number of aliphatic hydroxyl groups is 4. The average molecular weight is 1640 g/mol. The molecule has 2 aromatic carbocycles. The highest BCUT2D eigenvalue weighted by atomic mass is 32.2. The van der Waals surface area contributed by atoms with E-state index in [1.807, 2.05) is 42.5 Å². The summed E-state index contributed by atoms with van der Waals surface area (Å²) in [6, 6.07) is -1.91. The van der Waals surface area contributed by atoms with Gasteiger partial charge in [0.25, 0.3) is 0 Å². The summed E-state index contributed by atoms with van der Waals surface area (Å²) in [5.41, 5.74) is 7.24. The first-order valence-corrected chi connectivity index (χ1v) is 42.6. The fraction of sp³-hybridized carbons (Fsp3) is 0.654. The molecule has 32 nitrogen and oxygen atoms in total. The molecule has 2 bridgehead atoms. The summed E-state index contributed by atoms with van der Waals surface area (Å²) in [5, 5.41) is 92.0. The van der Waals surface area contributed by atoms with Crippen molar-refractivity contribution in [2.45, 2.75) is 279 Å². The van der Waals surface area contributed by atoms with Crippen LogP contribution in [0.2, 0.25) is 0 Å². The van der Waals surface area contributed by atoms with Crippen LogP contribution in [0.15, 0.2) is 53.9 Å². The lowest BCUT2D eigenvalue weighted by atomic mass is 9.82. The van der Waals surface area contributed by atoms with Crippen LogP contribution >= 0.6 is 34.9 Å². The molecule has 20 N–H and O–H groups in total. The third-order valence-electron chi connectivity index (χ3n) is 20.9. The standard InChI is InChI=1S/C78H118N14O18S3/c1-8-13-53-68(101)84-55(27-28-63(98)99)69(102)85-56(32-44-19-23-50(95)24-20-44)71(104)83-54(14-9-2)70(103)91-65(43(4)94)76(109)89-60(67(79)100)40-112-38-47-16-12-15-46(31-47)37-111-30-29-62(97)90-66(78(5,6)7)77(110)88-57(33-45-21-25-51(96)26-22-45)72(105)86-59(35-49-36-80-41-81-49)74(107)92-64(42(3)93)75(108)87-58(73(106)82-53)34-48-39-113-61-18-11-10-17-52(48)61/h10-12,15-18,31,39,42-45,49-51,53-60,64-66,80-81,93-96H,8-9,13-14,19-30,32-38,40-41H2,1-7H3,(H2,79,100)(H,82,106)(H,83,104)(H,84,101)(H,85,102)(H,86,105)(H,87,108)(H,88,110)(H,89,109)(H,90,97)(H,91,103)(H,92,107)(H,98,99)/t42-,43-,44?,45?,49?,50?,51?,53+,54+,55+,56+,57+,58+,59+,60+,64+,65+,66-/m1/s1. The van der Waals surface area contributed by atoms with Crippen LogP contribution < -0.4 is 74.9 Å². The monoisotopic (exact) mass is 1630 g/mol. The number of thiophene rings is 1. The van der Waals surface area contributed by atoms with E-state index in [4.69, 9.17) is 5.73 Å². The summed E-state index contributed by atoms with van der Waals surface area (Å²) in [6.07, 6.45) is -1.96. The van der Waals surface area contributed by atoms with E-state index in [-0.39, 0.29) is 75.4 Å². The van der Waals surface area contributed by atoms with Crippen molar-refractivity contribution in [3.05, 3.63) is 70.6 Å². The van der Waals surface area contributed by atoms with Crippen LogP contribution in [-0.2, 0) is 80.3 Å². The molecule has 35 heteroatoms. The van der Waals surface area contributed by atoms with Gasteiger partial charge in [-0.1, -0.05) is 89.9 Å². The van der Waals surface area contributed by atoms with E-state index in [2.05, 4.69) is 69.1 Å². The highest BCUT2D eigenvalue weighted by Gasteiger charge is 2.42. The van der Waals surface area contributed by atoms with Gasteiger partial charge in [-0.2, -0.15) is 23.5 Å². The lowest BCUT2D eigenvalue weighted by Crippen LogP contribution is -2.63. The van der Waals surface area contributed by atoms with Gasteiger partial charge in [-0.15, -0.1) is 11.3 Å². The third-order valence-corrected chi connectivity index (χ3v) is 24.1. The Morgan fingerprint density at radius 2 is 1.00 bits per heavy atom. The van der Waals surface area contributed by atoms with Crippen molar-refractivity contribution in [3.63, 3.8) is 0 Å². The minimum atomic E-state index is -1.81. The Hall–Kier alpha value is -8.03. The molecule has 3 heterocycles. The molecule has 3 fully saturated rings. The molecule has 113 heavy (non-hydrogen) atoms. The molecule has 0 spiro atoms. The second-order valence-electron chi connectivity index (χ2n) is 31.4. The van der Waals surface area contributed by atoms with Crippen molar-refractivity contribution < 1.29 is 87.9 Å². The number of nitrogens with two attached hydrogens (primary N) is 1. The van der Waals surface area contributed by atoms with E-state index in [1.165, 1.54) is 48.7 Å². The number of primary amides is 1. The number of carbonyl (C=O) groups is 13. The molecule has 1 saturated heterocycles. The summed E-state index contributed by atoms with van der Waals surface area (Å²) >= 11 is 4.08. The first kappa shape index (κ1) is 92.1. The number of aliphatic carboxylic acids is 1. The van der Waals surface area contributed by atoms with E-state index < -0.39 is 192 Å². The topological polar surface area (TPSA) is 505 Å². The molecular formula is C78H118N14O18S3. The first-order valence-electron chi connectivity index (χ1n) is 39.4. The summed E-state index contributed by atoms with van der Waals surface area (Å²) in [5.74, 6) is -11.2. The number of rotatable bonds is 18. The minimum Gasteiger partial charge on any atom is -0.481 e. The Labute approximate surface area is 672 Å². The van der Waals surface area contributed by atoms with Gasteiger partial charge in [0.15, 0.2) is 0 Å². The second kappa shape index (κ2) is 45.3. The normalized spacial score (nSPS) is 29.2. The highest BCUT2D eigenvalue weighted by Crippen LogP contribution is 2.32. The van der Waals surface area contributed by atoms with E-state index in [1.54, 1.807) is 46.1 Å². The Morgan fingerprint density at radius 1 is 0.540 bits per heavy atom. The molecule has 2 aliphatic heterocycles. The molecule has 14 atom stereocenters. The number of hydrogen-bond donors (Lipinski definition) is 19.